The molecule has 1 fully saturated rings. The number of benzene rings is 1. The first-order valence-electron chi connectivity index (χ1n) is 4.93. The molecule has 1 aromatic rings. The number of aromatic hydroxyl groups is 1. The fraction of sp³-hybridized carbons (Fsp3) is 0.455. The van der Waals surface area contributed by atoms with Crippen molar-refractivity contribution in [3.8, 4) is 11.5 Å². The van der Waals surface area contributed by atoms with Crippen LogP contribution in [-0.2, 0) is 0 Å². The Labute approximate surface area is 93.8 Å². The summed E-state index contributed by atoms with van der Waals surface area (Å²) in [4.78, 5) is 0. The van der Waals surface area contributed by atoms with Gasteiger partial charge in [-0.25, -0.2) is 0 Å². The molecule has 15 heavy (non-hydrogen) atoms. The first-order chi connectivity index (χ1) is 7.17. The predicted octanol–water partition coefficient (Wildman–Crippen LogP) is 2.12. The zero-order chi connectivity index (χ0) is 11.0. The standard InChI is InChI=1S/C11H14ClNO2/c1-15-10-4-7(12)3-9(11(10)14)8-2-6(8)5-13/h3-4,6,8,14H,2,5,13H2,1H3. The molecule has 0 saturated heterocycles. The highest BCUT2D eigenvalue weighted by Crippen LogP contribution is 2.52. The van der Waals surface area contributed by atoms with Crippen molar-refractivity contribution in [2.75, 3.05) is 13.7 Å². The number of halogens is 1. The van der Waals surface area contributed by atoms with E-state index in [4.69, 9.17) is 22.1 Å². The molecule has 1 saturated carbocycles. The molecule has 2 unspecified atom stereocenters. The van der Waals surface area contributed by atoms with E-state index in [0.717, 1.165) is 12.0 Å². The fourth-order valence-electron chi connectivity index (χ4n) is 1.92. The van der Waals surface area contributed by atoms with Crippen LogP contribution in [0.2, 0.25) is 5.02 Å². The lowest BCUT2D eigenvalue weighted by molar-refractivity contribution is 0.370. The maximum Gasteiger partial charge on any atom is 0.162 e. The van der Waals surface area contributed by atoms with Gasteiger partial charge in [0.1, 0.15) is 0 Å². The minimum atomic E-state index is 0.197. The maximum atomic E-state index is 9.91. The molecule has 0 amide bonds. The third-order valence-corrected chi connectivity index (χ3v) is 3.13. The third kappa shape index (κ3) is 1.90. The van der Waals surface area contributed by atoms with E-state index in [-0.39, 0.29) is 5.75 Å². The summed E-state index contributed by atoms with van der Waals surface area (Å²) in [6.45, 7) is 0.652. The first kappa shape index (κ1) is 10.6. The summed E-state index contributed by atoms with van der Waals surface area (Å²) in [5.74, 6) is 1.43. The smallest absolute Gasteiger partial charge is 0.162 e. The second-order valence-corrected chi connectivity index (χ2v) is 4.32. The van der Waals surface area contributed by atoms with Crippen molar-refractivity contribution >= 4 is 11.6 Å². The van der Waals surface area contributed by atoms with Crippen LogP contribution in [0.1, 0.15) is 17.9 Å². The number of phenols is 1. The molecule has 0 aliphatic heterocycles. The van der Waals surface area contributed by atoms with Gasteiger partial charge < -0.3 is 15.6 Å². The minimum Gasteiger partial charge on any atom is -0.504 e. The Hall–Kier alpha value is -0.930. The largest absolute Gasteiger partial charge is 0.504 e. The minimum absolute atomic E-state index is 0.197. The highest BCUT2D eigenvalue weighted by molar-refractivity contribution is 6.30. The molecule has 3 N–H and O–H groups in total. The van der Waals surface area contributed by atoms with Gasteiger partial charge in [-0.15, -0.1) is 0 Å². The number of hydrogen-bond acceptors (Lipinski definition) is 3. The van der Waals surface area contributed by atoms with E-state index in [2.05, 4.69) is 0 Å². The second-order valence-electron chi connectivity index (χ2n) is 3.88. The van der Waals surface area contributed by atoms with Crippen molar-refractivity contribution in [3.63, 3.8) is 0 Å². The number of rotatable bonds is 3. The molecular weight excluding hydrogens is 214 g/mol. The van der Waals surface area contributed by atoms with E-state index < -0.39 is 0 Å². The maximum absolute atomic E-state index is 9.91. The molecule has 1 aliphatic carbocycles. The molecule has 2 rings (SSSR count). The molecule has 1 aromatic carbocycles. The van der Waals surface area contributed by atoms with E-state index in [1.165, 1.54) is 7.11 Å². The molecule has 82 valence electrons. The molecular formula is C11H14ClNO2. The van der Waals surface area contributed by atoms with Crippen LogP contribution in [0.25, 0.3) is 0 Å². The van der Waals surface area contributed by atoms with Gasteiger partial charge in [-0.3, -0.25) is 0 Å². The average Bonchev–Trinajstić information content (AvgIpc) is 3.00. The first-order valence-corrected chi connectivity index (χ1v) is 5.31. The number of nitrogens with two attached hydrogens (primary N) is 1. The van der Waals surface area contributed by atoms with E-state index in [1.807, 2.05) is 0 Å². The van der Waals surface area contributed by atoms with Gasteiger partial charge in [0, 0.05) is 16.7 Å². The molecule has 0 heterocycles. The van der Waals surface area contributed by atoms with Crippen LogP contribution in [0.5, 0.6) is 11.5 Å². The Morgan fingerprint density at radius 3 is 2.87 bits per heavy atom. The van der Waals surface area contributed by atoms with Gasteiger partial charge in [-0.2, -0.15) is 0 Å². The van der Waals surface area contributed by atoms with Crippen LogP contribution in [0.3, 0.4) is 0 Å². The molecule has 0 bridgehead atoms. The lowest BCUT2D eigenvalue weighted by atomic mass is 10.1. The van der Waals surface area contributed by atoms with Crippen molar-refractivity contribution in [1.82, 2.24) is 0 Å². The molecule has 1 aliphatic rings. The molecule has 0 radical (unpaired) electrons. The van der Waals surface area contributed by atoms with Crippen molar-refractivity contribution in [2.45, 2.75) is 12.3 Å². The summed E-state index contributed by atoms with van der Waals surface area (Å²) in [6, 6.07) is 3.40. The van der Waals surface area contributed by atoms with Gasteiger partial charge >= 0.3 is 0 Å². The van der Waals surface area contributed by atoms with Crippen molar-refractivity contribution in [1.29, 1.82) is 0 Å². The second kappa shape index (κ2) is 3.91. The normalized spacial score (nSPS) is 23.9. The molecule has 3 nitrogen and oxygen atoms in total. The SMILES string of the molecule is COc1cc(Cl)cc(C2CC2CN)c1O. The molecule has 0 aromatic heterocycles. The van der Waals surface area contributed by atoms with Crippen LogP contribution in [0, 0.1) is 5.92 Å². The van der Waals surface area contributed by atoms with Gasteiger partial charge in [-0.05, 0) is 30.9 Å². The van der Waals surface area contributed by atoms with Crippen molar-refractivity contribution in [2.24, 2.45) is 11.7 Å². The van der Waals surface area contributed by atoms with Crippen LogP contribution >= 0.6 is 11.6 Å². The van der Waals surface area contributed by atoms with Crippen molar-refractivity contribution in [3.05, 3.63) is 22.7 Å². The quantitative estimate of drug-likeness (QED) is 0.832. The van der Waals surface area contributed by atoms with Crippen molar-refractivity contribution < 1.29 is 9.84 Å². The van der Waals surface area contributed by atoms with E-state index in [0.29, 0.717) is 29.2 Å². The van der Waals surface area contributed by atoms with E-state index >= 15 is 0 Å². The lowest BCUT2D eigenvalue weighted by Gasteiger charge is -2.09. The number of phenolic OH excluding ortho intramolecular Hbond substituents is 1. The Kier molecular flexibility index (Phi) is 2.76. The Morgan fingerprint density at radius 2 is 2.33 bits per heavy atom. The average molecular weight is 228 g/mol. The van der Waals surface area contributed by atoms with E-state index in [9.17, 15) is 5.11 Å². The summed E-state index contributed by atoms with van der Waals surface area (Å²) in [5, 5.41) is 10.5. The zero-order valence-corrected chi connectivity index (χ0v) is 9.29. The molecule has 2 atom stereocenters. The Balaban J connectivity index is 2.35. The van der Waals surface area contributed by atoms with Gasteiger partial charge in [0.05, 0.1) is 7.11 Å². The molecule has 4 heteroatoms. The number of hydrogen-bond donors (Lipinski definition) is 2. The zero-order valence-electron chi connectivity index (χ0n) is 8.53. The van der Waals surface area contributed by atoms with Crippen LogP contribution in [-0.4, -0.2) is 18.8 Å². The summed E-state index contributed by atoms with van der Waals surface area (Å²) in [7, 11) is 1.52. The number of methoxy groups -OCH3 is 1. The summed E-state index contributed by atoms with van der Waals surface area (Å²) in [6.07, 6.45) is 1.02. The van der Waals surface area contributed by atoms with Gasteiger partial charge in [0.25, 0.3) is 0 Å². The van der Waals surface area contributed by atoms with Gasteiger partial charge in [-0.1, -0.05) is 11.6 Å². The third-order valence-electron chi connectivity index (χ3n) is 2.91. The lowest BCUT2D eigenvalue weighted by Crippen LogP contribution is -2.02. The summed E-state index contributed by atoms with van der Waals surface area (Å²) in [5.41, 5.74) is 6.43. The molecule has 0 spiro atoms. The van der Waals surface area contributed by atoms with E-state index in [1.54, 1.807) is 12.1 Å². The number of ether oxygens (including phenoxy) is 1. The Morgan fingerprint density at radius 1 is 1.60 bits per heavy atom. The van der Waals surface area contributed by atoms with Crippen LogP contribution in [0.15, 0.2) is 12.1 Å². The Bertz CT molecular complexity index is 381. The summed E-state index contributed by atoms with van der Waals surface area (Å²) >= 11 is 5.94. The van der Waals surface area contributed by atoms with Crippen LogP contribution < -0.4 is 10.5 Å². The highest BCUT2D eigenvalue weighted by Gasteiger charge is 2.39. The van der Waals surface area contributed by atoms with Gasteiger partial charge in [0.15, 0.2) is 11.5 Å². The van der Waals surface area contributed by atoms with Gasteiger partial charge in [0.2, 0.25) is 0 Å². The predicted molar refractivity (Wildman–Crippen MR) is 59.6 cm³/mol. The highest BCUT2D eigenvalue weighted by atomic mass is 35.5. The fourth-order valence-corrected chi connectivity index (χ4v) is 2.14. The monoisotopic (exact) mass is 227 g/mol. The topological polar surface area (TPSA) is 55.5 Å². The summed E-state index contributed by atoms with van der Waals surface area (Å²) < 4.78 is 5.05. The van der Waals surface area contributed by atoms with Crippen LogP contribution in [0.4, 0.5) is 0 Å².